The molecule has 0 spiro atoms. The second-order valence-electron chi connectivity index (χ2n) is 5.29. The van der Waals surface area contributed by atoms with E-state index in [0.29, 0.717) is 13.0 Å². The van der Waals surface area contributed by atoms with E-state index in [0.717, 1.165) is 12.8 Å². The van der Waals surface area contributed by atoms with Gasteiger partial charge in [-0.15, -0.1) is 0 Å². The lowest BCUT2D eigenvalue weighted by Gasteiger charge is -2.09. The average molecular weight is 335 g/mol. The van der Waals surface area contributed by atoms with Crippen molar-refractivity contribution in [3.63, 3.8) is 0 Å². The molecule has 0 N–H and O–H groups in total. The van der Waals surface area contributed by atoms with Crippen LogP contribution in [-0.4, -0.2) is 17.4 Å². The molecular formula is C16H31BrO2. The first-order valence-electron chi connectivity index (χ1n) is 8.00. The number of esters is 1. The molecule has 0 aliphatic rings. The van der Waals surface area contributed by atoms with Crippen LogP contribution in [0.3, 0.4) is 0 Å². The predicted molar refractivity (Wildman–Crippen MR) is 85.8 cm³/mol. The molecule has 0 aliphatic carbocycles. The van der Waals surface area contributed by atoms with Gasteiger partial charge in [0, 0.05) is 4.83 Å². The van der Waals surface area contributed by atoms with E-state index in [4.69, 9.17) is 4.74 Å². The number of carbonyl (C=O) groups is 1. The minimum absolute atomic E-state index is 0.0491. The Hall–Kier alpha value is -0.0500. The summed E-state index contributed by atoms with van der Waals surface area (Å²) in [5.74, 6) is -0.0491. The molecular weight excluding hydrogens is 304 g/mol. The second-order valence-corrected chi connectivity index (χ2v) is 6.58. The molecule has 0 bridgehead atoms. The van der Waals surface area contributed by atoms with Gasteiger partial charge >= 0.3 is 5.97 Å². The Morgan fingerprint density at radius 2 is 1.53 bits per heavy atom. The minimum Gasteiger partial charge on any atom is -0.466 e. The van der Waals surface area contributed by atoms with Gasteiger partial charge in [0.25, 0.3) is 0 Å². The summed E-state index contributed by atoms with van der Waals surface area (Å²) in [6, 6.07) is 0. The number of alkyl halides is 1. The van der Waals surface area contributed by atoms with Crippen molar-refractivity contribution in [1.29, 1.82) is 0 Å². The third-order valence-corrected chi connectivity index (χ3v) is 4.05. The van der Waals surface area contributed by atoms with Crippen LogP contribution in [0.5, 0.6) is 0 Å². The zero-order chi connectivity index (χ0) is 14.3. The summed E-state index contributed by atoms with van der Waals surface area (Å²) in [6.07, 6.45) is 12.6. The van der Waals surface area contributed by atoms with E-state index < -0.39 is 0 Å². The Labute approximate surface area is 127 Å². The normalized spacial score (nSPS) is 12.4. The van der Waals surface area contributed by atoms with Crippen LogP contribution in [0.2, 0.25) is 0 Å². The van der Waals surface area contributed by atoms with E-state index in [-0.39, 0.29) is 10.8 Å². The summed E-state index contributed by atoms with van der Waals surface area (Å²) in [5.41, 5.74) is 0. The monoisotopic (exact) mass is 334 g/mol. The molecule has 1 atom stereocenters. The van der Waals surface area contributed by atoms with Crippen molar-refractivity contribution in [3.05, 3.63) is 0 Å². The second kappa shape index (κ2) is 14.4. The molecule has 0 radical (unpaired) electrons. The molecule has 0 aromatic rings. The maximum atomic E-state index is 11.6. The first-order chi connectivity index (χ1) is 9.20. The minimum atomic E-state index is -0.0491. The quantitative estimate of drug-likeness (QED) is 0.248. The highest BCUT2D eigenvalue weighted by Crippen LogP contribution is 2.16. The third kappa shape index (κ3) is 14.2. The topological polar surface area (TPSA) is 26.3 Å². The fraction of sp³-hybridized carbons (Fsp3) is 0.938. The highest BCUT2D eigenvalue weighted by atomic mass is 79.9. The molecule has 0 fully saturated rings. The fourth-order valence-corrected chi connectivity index (χ4v) is 2.61. The largest absolute Gasteiger partial charge is 0.466 e. The number of unbranched alkanes of at least 4 members (excludes halogenated alkanes) is 7. The zero-order valence-corrected chi connectivity index (χ0v) is 14.3. The van der Waals surface area contributed by atoms with E-state index in [9.17, 15) is 4.79 Å². The molecule has 1 unspecified atom stereocenters. The standard InChI is InChI=1S/C16H31BrO2/c1-3-5-7-9-10-12-15(17)14-16(18)19-13-11-8-6-4-2/h15H,3-14H2,1-2H3. The Balaban J connectivity index is 3.37. The van der Waals surface area contributed by atoms with Gasteiger partial charge in [0.15, 0.2) is 0 Å². The van der Waals surface area contributed by atoms with Gasteiger partial charge in [-0.25, -0.2) is 0 Å². The molecule has 0 rings (SSSR count). The van der Waals surface area contributed by atoms with Crippen molar-refractivity contribution in [1.82, 2.24) is 0 Å². The summed E-state index contributed by atoms with van der Waals surface area (Å²) >= 11 is 3.58. The Morgan fingerprint density at radius 3 is 2.16 bits per heavy atom. The molecule has 0 amide bonds. The van der Waals surface area contributed by atoms with Crippen LogP contribution in [-0.2, 0) is 9.53 Å². The number of hydrogen-bond acceptors (Lipinski definition) is 2. The van der Waals surface area contributed by atoms with Crippen molar-refractivity contribution in [2.75, 3.05) is 6.61 Å². The molecule has 0 aliphatic heterocycles. The Morgan fingerprint density at radius 1 is 0.947 bits per heavy atom. The zero-order valence-electron chi connectivity index (χ0n) is 12.8. The first-order valence-corrected chi connectivity index (χ1v) is 8.92. The van der Waals surface area contributed by atoms with E-state index >= 15 is 0 Å². The van der Waals surface area contributed by atoms with Crippen LogP contribution < -0.4 is 0 Å². The lowest BCUT2D eigenvalue weighted by molar-refractivity contribution is -0.143. The molecule has 0 aromatic carbocycles. The van der Waals surface area contributed by atoms with Gasteiger partial charge in [0.05, 0.1) is 13.0 Å². The summed E-state index contributed by atoms with van der Waals surface area (Å²) in [7, 11) is 0. The summed E-state index contributed by atoms with van der Waals surface area (Å²) in [5, 5.41) is 0. The van der Waals surface area contributed by atoms with Crippen LogP contribution in [0.1, 0.15) is 84.5 Å². The summed E-state index contributed by atoms with van der Waals surface area (Å²) in [6.45, 7) is 5.00. The molecule has 0 saturated carbocycles. The van der Waals surface area contributed by atoms with E-state index in [1.165, 1.54) is 51.4 Å². The van der Waals surface area contributed by atoms with Crippen LogP contribution >= 0.6 is 15.9 Å². The van der Waals surface area contributed by atoms with Gasteiger partial charge in [0.1, 0.15) is 0 Å². The van der Waals surface area contributed by atoms with Gasteiger partial charge in [0.2, 0.25) is 0 Å². The van der Waals surface area contributed by atoms with Crippen LogP contribution in [0, 0.1) is 0 Å². The van der Waals surface area contributed by atoms with Gasteiger partial charge in [-0.1, -0.05) is 81.1 Å². The molecule has 0 heterocycles. The molecule has 3 heteroatoms. The third-order valence-electron chi connectivity index (χ3n) is 3.27. The maximum Gasteiger partial charge on any atom is 0.306 e. The number of rotatable bonds is 13. The fourth-order valence-electron chi connectivity index (χ4n) is 2.03. The van der Waals surface area contributed by atoms with Crippen LogP contribution in [0.4, 0.5) is 0 Å². The molecule has 19 heavy (non-hydrogen) atoms. The lowest BCUT2D eigenvalue weighted by atomic mass is 10.1. The van der Waals surface area contributed by atoms with E-state index in [1.807, 2.05) is 0 Å². The van der Waals surface area contributed by atoms with Gasteiger partial charge in [-0.2, -0.15) is 0 Å². The highest BCUT2D eigenvalue weighted by molar-refractivity contribution is 9.09. The molecule has 0 saturated heterocycles. The Bertz CT molecular complexity index is 207. The number of carbonyl (C=O) groups excluding carboxylic acids is 1. The number of halogens is 1. The van der Waals surface area contributed by atoms with E-state index in [2.05, 4.69) is 29.8 Å². The van der Waals surface area contributed by atoms with Crippen molar-refractivity contribution in [2.45, 2.75) is 89.3 Å². The highest BCUT2D eigenvalue weighted by Gasteiger charge is 2.11. The van der Waals surface area contributed by atoms with Crippen LogP contribution in [0.15, 0.2) is 0 Å². The molecule has 2 nitrogen and oxygen atoms in total. The first kappa shape index (κ1) is 18.9. The number of ether oxygens (including phenoxy) is 1. The van der Waals surface area contributed by atoms with Gasteiger partial charge in [-0.3, -0.25) is 4.79 Å². The summed E-state index contributed by atoms with van der Waals surface area (Å²) in [4.78, 5) is 11.9. The number of hydrogen-bond donors (Lipinski definition) is 0. The maximum absolute atomic E-state index is 11.6. The summed E-state index contributed by atoms with van der Waals surface area (Å²) < 4.78 is 5.24. The Kier molecular flexibility index (Phi) is 14.3. The van der Waals surface area contributed by atoms with Crippen molar-refractivity contribution < 1.29 is 9.53 Å². The van der Waals surface area contributed by atoms with Gasteiger partial charge < -0.3 is 4.74 Å². The van der Waals surface area contributed by atoms with E-state index in [1.54, 1.807) is 0 Å². The average Bonchev–Trinajstić information content (AvgIpc) is 2.38. The van der Waals surface area contributed by atoms with Crippen molar-refractivity contribution in [2.24, 2.45) is 0 Å². The van der Waals surface area contributed by atoms with Crippen LogP contribution in [0.25, 0.3) is 0 Å². The van der Waals surface area contributed by atoms with Crippen molar-refractivity contribution >= 4 is 21.9 Å². The molecule has 114 valence electrons. The van der Waals surface area contributed by atoms with Crippen molar-refractivity contribution in [3.8, 4) is 0 Å². The SMILES string of the molecule is CCCCCCCC(Br)CC(=O)OCCCCCC. The smallest absolute Gasteiger partial charge is 0.306 e. The lowest BCUT2D eigenvalue weighted by Crippen LogP contribution is -2.12. The predicted octanol–water partition coefficient (Wildman–Crippen LogP) is 5.62. The molecule has 0 aromatic heterocycles. The van der Waals surface area contributed by atoms with Gasteiger partial charge in [-0.05, 0) is 12.8 Å².